The zero-order chi connectivity index (χ0) is 24.9. The minimum absolute atomic E-state index is 0.0403. The lowest BCUT2D eigenvalue weighted by Crippen LogP contribution is -2.33. The van der Waals surface area contributed by atoms with Crippen LogP contribution in [0.5, 0.6) is 0 Å². The van der Waals surface area contributed by atoms with E-state index in [2.05, 4.69) is 15.5 Å². The van der Waals surface area contributed by atoms with E-state index >= 15 is 0 Å². The summed E-state index contributed by atoms with van der Waals surface area (Å²) in [7, 11) is 0. The number of carbonyl (C=O) groups excluding carboxylic acids is 2. The quantitative estimate of drug-likeness (QED) is 0.393. The summed E-state index contributed by atoms with van der Waals surface area (Å²) in [4.78, 5) is 40.8. The van der Waals surface area contributed by atoms with Crippen LogP contribution in [-0.2, 0) is 16.1 Å². The van der Waals surface area contributed by atoms with E-state index in [0.29, 0.717) is 39.7 Å². The van der Waals surface area contributed by atoms with Crippen LogP contribution in [0.3, 0.4) is 0 Å². The van der Waals surface area contributed by atoms with E-state index < -0.39 is 0 Å². The van der Waals surface area contributed by atoms with Crippen LogP contribution in [0.4, 0.5) is 11.4 Å². The minimum Gasteiger partial charge on any atom is -0.331 e. The molecule has 4 aromatic rings. The molecule has 0 aliphatic carbocycles. The highest BCUT2D eigenvalue weighted by atomic mass is 16.2. The molecule has 184 valence electrons. The lowest BCUT2D eigenvalue weighted by Gasteiger charge is -2.19. The molecule has 7 nitrogen and oxygen atoms in total. The van der Waals surface area contributed by atoms with Gasteiger partial charge in [0.1, 0.15) is 6.54 Å². The molecule has 2 N–H and O–H groups in total. The molecule has 0 atom stereocenters. The number of rotatable bonds is 6. The first-order valence-corrected chi connectivity index (χ1v) is 12.5. The average Bonchev–Trinajstić information content (AvgIpc) is 3.15. The van der Waals surface area contributed by atoms with Crippen LogP contribution in [0, 0.1) is 0 Å². The number of nitrogens with zero attached hydrogens (tertiary/aromatic N) is 2. The van der Waals surface area contributed by atoms with Gasteiger partial charge < -0.3 is 15.2 Å². The first-order chi connectivity index (χ1) is 17.6. The summed E-state index contributed by atoms with van der Waals surface area (Å²) in [6.45, 7) is 2.34. The monoisotopic (exact) mass is 482 g/mol. The molecule has 3 aromatic carbocycles. The highest BCUT2D eigenvalue weighted by Crippen LogP contribution is 2.20. The third-order valence-corrected chi connectivity index (χ3v) is 6.68. The van der Waals surface area contributed by atoms with Crippen molar-refractivity contribution in [1.82, 2.24) is 9.47 Å². The van der Waals surface area contributed by atoms with Crippen molar-refractivity contribution < 1.29 is 9.59 Å². The van der Waals surface area contributed by atoms with Crippen molar-refractivity contribution in [2.45, 2.75) is 32.2 Å². The summed E-state index contributed by atoms with van der Waals surface area (Å²) in [5, 5.41) is 7.06. The smallest absolute Gasteiger partial charge is 0.244 e. The van der Waals surface area contributed by atoms with Crippen molar-refractivity contribution in [2.24, 2.45) is 0 Å². The molecule has 0 radical (unpaired) electrons. The third kappa shape index (κ3) is 5.31. The van der Waals surface area contributed by atoms with E-state index in [0.717, 1.165) is 25.9 Å². The number of amides is 2. The molecule has 0 bridgehead atoms. The molecular formula is C29H30N4O3. The van der Waals surface area contributed by atoms with E-state index in [1.54, 1.807) is 30.3 Å². The van der Waals surface area contributed by atoms with Gasteiger partial charge in [-0.3, -0.25) is 19.3 Å². The standard InChI is InChI=1S/C29H30N4O3/c34-27(19-32-16-7-1-2-8-17-32)30-21-10-9-11-22(18-21)31-28(35)20-33-25-14-5-3-12-23(25)29(36)24-13-4-6-15-26(24)33/h3-6,9-15,18H,1-2,7-8,16-17,19-20H2,(H,30,34)(H,31,35). The number of likely N-dealkylation sites (tertiary alicyclic amines) is 1. The second-order valence-corrected chi connectivity index (χ2v) is 9.32. The molecule has 0 saturated carbocycles. The van der Waals surface area contributed by atoms with Gasteiger partial charge in [-0.2, -0.15) is 0 Å². The Balaban J connectivity index is 1.31. The van der Waals surface area contributed by atoms with E-state index in [-0.39, 0.29) is 23.8 Å². The summed E-state index contributed by atoms with van der Waals surface area (Å²) in [6.07, 6.45) is 4.72. The summed E-state index contributed by atoms with van der Waals surface area (Å²) < 4.78 is 1.87. The number of carbonyl (C=O) groups is 2. The Kier molecular flexibility index (Phi) is 7.09. The van der Waals surface area contributed by atoms with Gasteiger partial charge in [0.05, 0.1) is 17.6 Å². The summed E-state index contributed by atoms with van der Waals surface area (Å²) in [5.74, 6) is -0.270. The zero-order valence-corrected chi connectivity index (χ0v) is 20.2. The fourth-order valence-electron chi connectivity index (χ4n) is 4.96. The van der Waals surface area contributed by atoms with Gasteiger partial charge in [0.25, 0.3) is 0 Å². The SMILES string of the molecule is O=C(CN1CCCCCC1)Nc1cccc(NC(=O)Cn2c3ccccc3c(=O)c3ccccc32)c1. The van der Waals surface area contributed by atoms with E-state index in [4.69, 9.17) is 0 Å². The molecule has 1 aromatic heterocycles. The molecule has 36 heavy (non-hydrogen) atoms. The van der Waals surface area contributed by atoms with Gasteiger partial charge in [-0.25, -0.2) is 0 Å². The van der Waals surface area contributed by atoms with Crippen LogP contribution in [0.1, 0.15) is 25.7 Å². The number of hydrogen-bond donors (Lipinski definition) is 2. The van der Waals surface area contributed by atoms with Crippen molar-refractivity contribution in [3.05, 3.63) is 83.0 Å². The minimum atomic E-state index is -0.220. The maximum absolute atomic E-state index is 13.1. The molecule has 0 unspecified atom stereocenters. The Bertz CT molecular complexity index is 1410. The fraction of sp³-hybridized carbons (Fsp3) is 0.276. The van der Waals surface area contributed by atoms with Crippen LogP contribution in [0.25, 0.3) is 21.8 Å². The molecule has 0 spiro atoms. The maximum atomic E-state index is 13.1. The molecule has 1 saturated heterocycles. The van der Waals surface area contributed by atoms with Gasteiger partial charge in [-0.05, 0) is 68.4 Å². The second kappa shape index (κ2) is 10.7. The largest absolute Gasteiger partial charge is 0.331 e. The highest BCUT2D eigenvalue weighted by molar-refractivity contribution is 5.98. The zero-order valence-electron chi connectivity index (χ0n) is 20.2. The Labute approximate surface area is 209 Å². The van der Waals surface area contributed by atoms with Crippen molar-refractivity contribution in [2.75, 3.05) is 30.3 Å². The molecule has 7 heteroatoms. The Morgan fingerprint density at radius 3 is 1.78 bits per heavy atom. The summed E-state index contributed by atoms with van der Waals surface area (Å²) in [5.41, 5.74) is 2.63. The van der Waals surface area contributed by atoms with E-state index in [9.17, 15) is 14.4 Å². The fourth-order valence-corrected chi connectivity index (χ4v) is 4.96. The predicted octanol–water partition coefficient (Wildman–Crippen LogP) is 4.61. The number of pyridine rings is 1. The van der Waals surface area contributed by atoms with Crippen molar-refractivity contribution in [1.29, 1.82) is 0 Å². The van der Waals surface area contributed by atoms with Crippen LogP contribution in [0.15, 0.2) is 77.6 Å². The molecular weight excluding hydrogens is 452 g/mol. The number of nitrogens with one attached hydrogen (secondary N) is 2. The molecule has 1 fully saturated rings. The number of benzene rings is 3. The Morgan fingerprint density at radius 2 is 1.19 bits per heavy atom. The normalized spacial score (nSPS) is 14.4. The molecule has 5 rings (SSSR count). The van der Waals surface area contributed by atoms with Crippen molar-refractivity contribution in [3.63, 3.8) is 0 Å². The van der Waals surface area contributed by atoms with Crippen LogP contribution in [-0.4, -0.2) is 40.9 Å². The topological polar surface area (TPSA) is 83.4 Å². The van der Waals surface area contributed by atoms with E-state index in [1.807, 2.05) is 47.0 Å². The van der Waals surface area contributed by atoms with Gasteiger partial charge >= 0.3 is 0 Å². The van der Waals surface area contributed by atoms with Crippen molar-refractivity contribution >= 4 is 45.0 Å². The Hall–Kier alpha value is -3.97. The van der Waals surface area contributed by atoms with Crippen molar-refractivity contribution in [3.8, 4) is 0 Å². The van der Waals surface area contributed by atoms with E-state index in [1.165, 1.54) is 12.8 Å². The molecule has 1 aliphatic heterocycles. The predicted molar refractivity (Wildman–Crippen MR) is 144 cm³/mol. The molecule has 1 aliphatic rings. The van der Waals surface area contributed by atoms with Gasteiger partial charge in [0, 0.05) is 22.1 Å². The number of hydrogen-bond acceptors (Lipinski definition) is 4. The van der Waals surface area contributed by atoms with Crippen LogP contribution < -0.4 is 16.1 Å². The third-order valence-electron chi connectivity index (χ3n) is 6.68. The first kappa shape index (κ1) is 23.8. The van der Waals surface area contributed by atoms with Crippen LogP contribution in [0.2, 0.25) is 0 Å². The Morgan fingerprint density at radius 1 is 0.667 bits per heavy atom. The van der Waals surface area contributed by atoms with Gasteiger partial charge in [-0.15, -0.1) is 0 Å². The lowest BCUT2D eigenvalue weighted by molar-refractivity contribution is -0.117. The van der Waals surface area contributed by atoms with Gasteiger partial charge in [0.15, 0.2) is 5.43 Å². The summed E-state index contributed by atoms with van der Waals surface area (Å²) in [6, 6.07) is 21.9. The number of fused-ring (bicyclic) bond motifs is 2. The van der Waals surface area contributed by atoms with Gasteiger partial charge in [0.2, 0.25) is 11.8 Å². The second-order valence-electron chi connectivity index (χ2n) is 9.32. The highest BCUT2D eigenvalue weighted by Gasteiger charge is 2.15. The maximum Gasteiger partial charge on any atom is 0.244 e. The average molecular weight is 483 g/mol. The molecule has 2 amide bonds. The summed E-state index contributed by atoms with van der Waals surface area (Å²) >= 11 is 0. The lowest BCUT2D eigenvalue weighted by atomic mass is 10.1. The van der Waals surface area contributed by atoms with Gasteiger partial charge in [-0.1, -0.05) is 43.2 Å². The number of aromatic nitrogens is 1. The van der Waals surface area contributed by atoms with Crippen LogP contribution >= 0.6 is 0 Å². The number of anilines is 2. The first-order valence-electron chi connectivity index (χ1n) is 12.5. The number of para-hydroxylation sites is 2. The molecule has 2 heterocycles.